The molecule has 0 aliphatic rings. The zero-order chi connectivity index (χ0) is 13.7. The summed E-state index contributed by atoms with van der Waals surface area (Å²) in [5, 5.41) is 0. The summed E-state index contributed by atoms with van der Waals surface area (Å²) in [5.74, 6) is 0.773. The molecule has 0 aliphatic heterocycles. The zero-order valence-corrected chi connectivity index (χ0v) is 11.9. The van der Waals surface area contributed by atoms with Crippen LogP contribution < -0.4 is 4.74 Å². The summed E-state index contributed by atoms with van der Waals surface area (Å²) in [6, 6.07) is 2.05. The van der Waals surface area contributed by atoms with Crippen LogP contribution in [0, 0.1) is 20.8 Å². The largest absolute Gasteiger partial charge is 0.494 e. The van der Waals surface area contributed by atoms with Crippen LogP contribution in [-0.4, -0.2) is 19.7 Å². The lowest BCUT2D eigenvalue weighted by Gasteiger charge is -2.16. The molecule has 18 heavy (non-hydrogen) atoms. The van der Waals surface area contributed by atoms with E-state index in [9.17, 15) is 4.79 Å². The molecule has 0 N–H and O–H groups in total. The van der Waals surface area contributed by atoms with Gasteiger partial charge in [0.1, 0.15) is 5.75 Å². The second kappa shape index (κ2) is 6.43. The average molecular weight is 250 g/mol. The fraction of sp³-hybridized carbons (Fsp3) is 0.533. The summed E-state index contributed by atoms with van der Waals surface area (Å²) >= 11 is 0. The lowest BCUT2D eigenvalue weighted by molar-refractivity contribution is -0.140. The second-order valence-electron chi connectivity index (χ2n) is 4.43. The van der Waals surface area contributed by atoms with Crippen LogP contribution in [0.3, 0.4) is 0 Å². The molecule has 1 aromatic carbocycles. The predicted molar refractivity (Wildman–Crippen MR) is 72.2 cm³/mol. The van der Waals surface area contributed by atoms with Crippen molar-refractivity contribution in [2.24, 2.45) is 0 Å². The van der Waals surface area contributed by atoms with Crippen LogP contribution in [0.1, 0.15) is 35.6 Å². The first kappa shape index (κ1) is 14.6. The molecule has 0 aromatic heterocycles. The lowest BCUT2D eigenvalue weighted by Crippen LogP contribution is -2.06. The average Bonchev–Trinajstić information content (AvgIpc) is 2.35. The molecule has 0 amide bonds. The van der Waals surface area contributed by atoms with Gasteiger partial charge in [-0.15, -0.1) is 0 Å². The lowest BCUT2D eigenvalue weighted by atomic mass is 9.94. The summed E-state index contributed by atoms with van der Waals surface area (Å²) in [6.45, 7) is 8.84. The number of esters is 1. The molecule has 0 saturated heterocycles. The quantitative estimate of drug-likeness (QED) is 0.753. The van der Waals surface area contributed by atoms with Gasteiger partial charge in [0.25, 0.3) is 0 Å². The number of benzene rings is 1. The van der Waals surface area contributed by atoms with Crippen LogP contribution in [0.5, 0.6) is 5.75 Å². The summed E-state index contributed by atoms with van der Waals surface area (Å²) in [4.78, 5) is 11.2. The van der Waals surface area contributed by atoms with Gasteiger partial charge in [0, 0.05) is 6.42 Å². The van der Waals surface area contributed by atoms with Gasteiger partial charge in [0.15, 0.2) is 0 Å². The van der Waals surface area contributed by atoms with Crippen molar-refractivity contribution in [2.75, 3.05) is 13.7 Å². The number of hydrogen-bond donors (Lipinski definition) is 0. The van der Waals surface area contributed by atoms with Gasteiger partial charge in [-0.1, -0.05) is 0 Å². The van der Waals surface area contributed by atoms with Crippen molar-refractivity contribution in [1.29, 1.82) is 0 Å². The minimum atomic E-state index is -0.166. The topological polar surface area (TPSA) is 35.5 Å². The third kappa shape index (κ3) is 3.25. The predicted octanol–water partition coefficient (Wildman–Crippen LogP) is 3.12. The molecule has 0 unspecified atom stereocenters. The van der Waals surface area contributed by atoms with Crippen molar-refractivity contribution in [2.45, 2.75) is 40.5 Å². The molecule has 0 saturated carbocycles. The first-order valence-electron chi connectivity index (χ1n) is 6.30. The molecule has 0 spiro atoms. The Balaban J connectivity index is 2.99. The molecule has 0 heterocycles. The van der Waals surface area contributed by atoms with Crippen molar-refractivity contribution < 1.29 is 14.3 Å². The van der Waals surface area contributed by atoms with Crippen molar-refractivity contribution in [1.82, 2.24) is 0 Å². The number of ether oxygens (including phenoxy) is 2. The van der Waals surface area contributed by atoms with Crippen LogP contribution >= 0.6 is 0 Å². The van der Waals surface area contributed by atoms with E-state index in [-0.39, 0.29) is 5.97 Å². The third-order valence-electron chi connectivity index (χ3n) is 3.32. The van der Waals surface area contributed by atoms with E-state index in [1.807, 2.05) is 6.92 Å². The maximum Gasteiger partial charge on any atom is 0.305 e. The fourth-order valence-corrected chi connectivity index (χ4v) is 2.12. The molecule has 3 nitrogen and oxygen atoms in total. The number of carbonyl (C=O) groups excluding carboxylic acids is 1. The smallest absolute Gasteiger partial charge is 0.305 e. The van der Waals surface area contributed by atoms with Crippen molar-refractivity contribution in [3.8, 4) is 5.75 Å². The number of methoxy groups -OCH3 is 1. The minimum absolute atomic E-state index is 0.166. The maximum absolute atomic E-state index is 11.2. The highest BCUT2D eigenvalue weighted by atomic mass is 16.5. The molecule has 0 aliphatic carbocycles. The minimum Gasteiger partial charge on any atom is -0.494 e. The molecule has 1 rings (SSSR count). The number of carbonyl (C=O) groups is 1. The Morgan fingerprint density at radius 3 is 2.44 bits per heavy atom. The van der Waals surface area contributed by atoms with Crippen molar-refractivity contribution in [3.63, 3.8) is 0 Å². The molecule has 100 valence electrons. The Hall–Kier alpha value is -1.51. The Labute approximate surface area is 109 Å². The molecule has 1 aromatic rings. The van der Waals surface area contributed by atoms with Crippen LogP contribution in [0.15, 0.2) is 6.07 Å². The highest BCUT2D eigenvalue weighted by Gasteiger charge is 2.12. The van der Waals surface area contributed by atoms with Crippen LogP contribution in [0.25, 0.3) is 0 Å². The van der Waals surface area contributed by atoms with Gasteiger partial charge in [0.05, 0.1) is 13.7 Å². The first-order valence-corrected chi connectivity index (χ1v) is 6.30. The first-order chi connectivity index (χ1) is 8.51. The Morgan fingerprint density at radius 2 is 1.89 bits per heavy atom. The van der Waals surface area contributed by atoms with E-state index in [2.05, 4.69) is 31.6 Å². The maximum atomic E-state index is 11.2. The van der Waals surface area contributed by atoms with Gasteiger partial charge in [0.2, 0.25) is 0 Å². The summed E-state index contributed by atoms with van der Waals surface area (Å²) in [6.07, 6.45) is 1.14. The normalized spacial score (nSPS) is 10.3. The Morgan fingerprint density at radius 1 is 1.22 bits per heavy atom. The molecular formula is C15H22O3. The standard InChI is InChI=1S/C15H22O3/c1-6-18-14-9-10(2)13(11(3)12(14)4)7-8-15(16)17-5/h9H,6-8H2,1-5H3. The molecular weight excluding hydrogens is 228 g/mol. The van der Waals surface area contributed by atoms with Gasteiger partial charge in [-0.05, 0) is 62.4 Å². The molecule has 0 fully saturated rings. The van der Waals surface area contributed by atoms with Gasteiger partial charge in [-0.25, -0.2) is 0 Å². The highest BCUT2D eigenvalue weighted by molar-refractivity contribution is 5.69. The summed E-state index contributed by atoms with van der Waals surface area (Å²) in [7, 11) is 1.42. The monoisotopic (exact) mass is 250 g/mol. The Bertz CT molecular complexity index is 436. The van der Waals surface area contributed by atoms with Gasteiger partial charge < -0.3 is 9.47 Å². The molecule has 0 atom stereocenters. The van der Waals surface area contributed by atoms with E-state index in [1.165, 1.54) is 23.8 Å². The number of rotatable bonds is 5. The molecule has 3 heteroatoms. The highest BCUT2D eigenvalue weighted by Crippen LogP contribution is 2.28. The molecule has 0 bridgehead atoms. The SMILES string of the molecule is CCOc1cc(C)c(CCC(=O)OC)c(C)c1C. The third-order valence-corrected chi connectivity index (χ3v) is 3.32. The fourth-order valence-electron chi connectivity index (χ4n) is 2.12. The number of aryl methyl sites for hydroxylation is 1. The Kier molecular flexibility index (Phi) is 5.20. The van der Waals surface area contributed by atoms with Crippen LogP contribution in [-0.2, 0) is 16.0 Å². The van der Waals surface area contributed by atoms with Crippen LogP contribution in [0.2, 0.25) is 0 Å². The second-order valence-corrected chi connectivity index (χ2v) is 4.43. The summed E-state index contributed by atoms with van der Waals surface area (Å²) < 4.78 is 10.3. The van der Waals surface area contributed by atoms with E-state index in [4.69, 9.17) is 4.74 Å². The number of hydrogen-bond acceptors (Lipinski definition) is 3. The van der Waals surface area contributed by atoms with Crippen molar-refractivity contribution >= 4 is 5.97 Å². The molecule has 0 radical (unpaired) electrons. The van der Waals surface area contributed by atoms with E-state index in [0.717, 1.165) is 17.7 Å². The van der Waals surface area contributed by atoms with E-state index < -0.39 is 0 Å². The van der Waals surface area contributed by atoms with E-state index in [0.29, 0.717) is 13.0 Å². The van der Waals surface area contributed by atoms with Crippen LogP contribution in [0.4, 0.5) is 0 Å². The van der Waals surface area contributed by atoms with E-state index >= 15 is 0 Å². The van der Waals surface area contributed by atoms with E-state index in [1.54, 1.807) is 0 Å². The van der Waals surface area contributed by atoms with Gasteiger partial charge >= 0.3 is 5.97 Å². The summed E-state index contributed by atoms with van der Waals surface area (Å²) in [5.41, 5.74) is 4.76. The van der Waals surface area contributed by atoms with Gasteiger partial charge in [-0.2, -0.15) is 0 Å². The van der Waals surface area contributed by atoms with Gasteiger partial charge in [-0.3, -0.25) is 4.79 Å². The van der Waals surface area contributed by atoms with Crippen molar-refractivity contribution in [3.05, 3.63) is 28.3 Å². The zero-order valence-electron chi connectivity index (χ0n) is 11.9.